The number of carbonyl (C=O) groups excluding carboxylic acids is 1. The molecule has 1 aliphatic heterocycles. The van der Waals surface area contributed by atoms with E-state index in [1.807, 2.05) is 11.0 Å². The molecule has 4 rings (SSSR count). The second-order valence-electron chi connectivity index (χ2n) is 10.1. The maximum absolute atomic E-state index is 13.5. The van der Waals surface area contributed by atoms with Gasteiger partial charge in [-0.2, -0.15) is 5.26 Å². The molecule has 0 saturated carbocycles. The Morgan fingerprint density at radius 2 is 1.95 bits per heavy atom. The van der Waals surface area contributed by atoms with E-state index in [4.69, 9.17) is 19.9 Å². The summed E-state index contributed by atoms with van der Waals surface area (Å²) in [5, 5.41) is 10.2. The first-order valence-electron chi connectivity index (χ1n) is 12.2. The first-order chi connectivity index (χ1) is 17.7. The molecule has 2 aromatic rings. The highest BCUT2D eigenvalue weighted by Gasteiger charge is 2.44. The molecule has 0 aromatic heterocycles. The molecule has 1 heterocycles. The van der Waals surface area contributed by atoms with E-state index >= 15 is 0 Å². The number of Topliss-reactive ketones (excluding diaryl/α,β-unsaturated/α-hetero) is 1. The lowest BCUT2D eigenvalue weighted by molar-refractivity contribution is -0.118. The quantitative estimate of drug-likeness (QED) is 0.551. The van der Waals surface area contributed by atoms with Gasteiger partial charge in [-0.1, -0.05) is 32.0 Å². The predicted molar refractivity (Wildman–Crippen MR) is 137 cm³/mol. The maximum Gasteiger partial charge on any atom is 0.162 e. The number of nitrogens with two attached hydrogens (primary N) is 1. The molecule has 194 valence electrons. The fourth-order valence-corrected chi connectivity index (χ4v) is 5.12. The van der Waals surface area contributed by atoms with Gasteiger partial charge >= 0.3 is 0 Å². The average Bonchev–Trinajstić information content (AvgIpc) is 2.85. The number of hydrogen-bond donors (Lipinski definition) is 1. The summed E-state index contributed by atoms with van der Waals surface area (Å²) >= 11 is 0. The summed E-state index contributed by atoms with van der Waals surface area (Å²) in [6.07, 6.45) is 1.03. The molecule has 0 unspecified atom stereocenters. The summed E-state index contributed by atoms with van der Waals surface area (Å²) in [4.78, 5) is 15.4. The Hall–Kier alpha value is -3.83. The summed E-state index contributed by atoms with van der Waals surface area (Å²) in [6.45, 7) is 5.13. The van der Waals surface area contributed by atoms with Crippen LogP contribution in [0.5, 0.6) is 11.5 Å². The highest BCUT2D eigenvalue weighted by molar-refractivity contribution is 6.00. The minimum Gasteiger partial charge on any atom is -0.493 e. The fourth-order valence-electron chi connectivity index (χ4n) is 5.12. The Morgan fingerprint density at radius 1 is 1.16 bits per heavy atom. The van der Waals surface area contributed by atoms with E-state index in [0.717, 1.165) is 5.70 Å². The zero-order valence-electron chi connectivity index (χ0n) is 21.6. The zero-order chi connectivity index (χ0) is 26.7. The third-order valence-electron chi connectivity index (χ3n) is 6.81. The van der Waals surface area contributed by atoms with E-state index < -0.39 is 5.92 Å². The number of benzene rings is 2. The van der Waals surface area contributed by atoms with E-state index in [1.54, 1.807) is 31.4 Å². The summed E-state index contributed by atoms with van der Waals surface area (Å²) in [5.74, 6) is 0.293. The van der Waals surface area contributed by atoms with E-state index in [2.05, 4.69) is 19.9 Å². The van der Waals surface area contributed by atoms with Gasteiger partial charge in [-0.15, -0.1) is 0 Å². The second kappa shape index (κ2) is 10.7. The molecule has 0 spiro atoms. The maximum atomic E-state index is 13.5. The molecule has 37 heavy (non-hydrogen) atoms. The lowest BCUT2D eigenvalue weighted by Crippen LogP contribution is -2.43. The molecule has 0 saturated heterocycles. The lowest BCUT2D eigenvalue weighted by atomic mass is 9.68. The van der Waals surface area contributed by atoms with Gasteiger partial charge in [0.15, 0.2) is 17.3 Å². The van der Waals surface area contributed by atoms with Crippen molar-refractivity contribution in [1.29, 1.82) is 5.26 Å². The van der Waals surface area contributed by atoms with Crippen molar-refractivity contribution in [2.24, 2.45) is 11.1 Å². The molecular weight excluding hydrogens is 473 g/mol. The van der Waals surface area contributed by atoms with Crippen LogP contribution < -0.4 is 15.2 Å². The van der Waals surface area contributed by atoms with Crippen molar-refractivity contribution in [1.82, 2.24) is 4.90 Å². The number of halogens is 1. The third-order valence-corrected chi connectivity index (χ3v) is 6.81. The van der Waals surface area contributed by atoms with Crippen molar-refractivity contribution in [2.45, 2.75) is 39.2 Å². The highest BCUT2D eigenvalue weighted by atomic mass is 19.1. The van der Waals surface area contributed by atoms with Crippen LogP contribution in [0.25, 0.3) is 0 Å². The number of hydrogen-bond acceptors (Lipinski definition) is 7. The van der Waals surface area contributed by atoms with Crippen molar-refractivity contribution in [2.75, 3.05) is 27.4 Å². The van der Waals surface area contributed by atoms with Crippen LogP contribution >= 0.6 is 0 Å². The SMILES string of the molecule is COCCN1C(N)=C(C#N)[C@H](c2ccc(OCc3cccc(F)c3)c(OC)c2)C2=C1CC(C)(C)CC2=O. The van der Waals surface area contributed by atoms with Crippen LogP contribution in [0.2, 0.25) is 0 Å². The van der Waals surface area contributed by atoms with Gasteiger partial charge in [-0.25, -0.2) is 4.39 Å². The molecule has 0 amide bonds. The van der Waals surface area contributed by atoms with E-state index in [9.17, 15) is 14.4 Å². The number of ketones is 1. The normalized spacial score (nSPS) is 19.0. The van der Waals surface area contributed by atoms with Gasteiger partial charge in [-0.05, 0) is 47.2 Å². The Balaban J connectivity index is 1.75. The number of carbonyl (C=O) groups is 1. The molecule has 8 heteroatoms. The van der Waals surface area contributed by atoms with Crippen LogP contribution in [0.4, 0.5) is 4.39 Å². The number of ether oxygens (including phenoxy) is 3. The third kappa shape index (κ3) is 5.32. The van der Waals surface area contributed by atoms with Gasteiger partial charge in [0.2, 0.25) is 0 Å². The molecule has 7 nitrogen and oxygen atoms in total. The average molecular weight is 506 g/mol. The summed E-state index contributed by atoms with van der Waals surface area (Å²) < 4.78 is 30.3. The van der Waals surface area contributed by atoms with Crippen molar-refractivity contribution >= 4 is 5.78 Å². The zero-order valence-corrected chi connectivity index (χ0v) is 21.6. The van der Waals surface area contributed by atoms with Gasteiger partial charge in [-0.3, -0.25) is 4.79 Å². The largest absolute Gasteiger partial charge is 0.493 e. The number of nitrogens with zero attached hydrogens (tertiary/aromatic N) is 2. The molecule has 2 aromatic carbocycles. The Morgan fingerprint density at radius 3 is 2.62 bits per heavy atom. The van der Waals surface area contributed by atoms with Crippen LogP contribution in [-0.2, 0) is 16.1 Å². The van der Waals surface area contributed by atoms with E-state index in [1.165, 1.54) is 19.2 Å². The minimum atomic E-state index is -0.617. The summed E-state index contributed by atoms with van der Waals surface area (Å²) in [6, 6.07) is 13.8. The molecule has 1 atom stereocenters. The van der Waals surface area contributed by atoms with Gasteiger partial charge in [0, 0.05) is 31.3 Å². The molecule has 0 fully saturated rings. The van der Waals surface area contributed by atoms with Crippen molar-refractivity contribution in [3.8, 4) is 17.6 Å². The molecule has 0 radical (unpaired) electrons. The Labute approximate surface area is 216 Å². The van der Waals surface area contributed by atoms with Crippen molar-refractivity contribution in [3.05, 3.63) is 82.1 Å². The van der Waals surface area contributed by atoms with Crippen LogP contribution in [0, 0.1) is 22.6 Å². The second-order valence-corrected chi connectivity index (χ2v) is 10.1. The van der Waals surface area contributed by atoms with Crippen LogP contribution in [-0.4, -0.2) is 38.1 Å². The smallest absolute Gasteiger partial charge is 0.162 e. The molecule has 1 aliphatic carbocycles. The van der Waals surface area contributed by atoms with Gasteiger partial charge in [0.25, 0.3) is 0 Å². The van der Waals surface area contributed by atoms with Crippen molar-refractivity contribution in [3.63, 3.8) is 0 Å². The van der Waals surface area contributed by atoms with Crippen LogP contribution in [0.15, 0.2) is 65.1 Å². The number of allylic oxidation sites excluding steroid dienone is 3. The first-order valence-corrected chi connectivity index (χ1v) is 12.2. The van der Waals surface area contributed by atoms with E-state index in [-0.39, 0.29) is 23.6 Å². The van der Waals surface area contributed by atoms with Crippen molar-refractivity contribution < 1.29 is 23.4 Å². The minimum absolute atomic E-state index is 0.00399. The summed E-state index contributed by atoms with van der Waals surface area (Å²) in [7, 11) is 3.13. The van der Waals surface area contributed by atoms with E-state index in [0.29, 0.717) is 65.6 Å². The van der Waals surface area contributed by atoms with Crippen LogP contribution in [0.3, 0.4) is 0 Å². The summed E-state index contributed by atoms with van der Waals surface area (Å²) in [5.41, 5.74) is 9.47. The molecule has 2 N–H and O–H groups in total. The molecule has 0 bridgehead atoms. The predicted octanol–water partition coefficient (Wildman–Crippen LogP) is 4.80. The van der Waals surface area contributed by atoms with Crippen LogP contribution in [0.1, 0.15) is 43.7 Å². The Kier molecular flexibility index (Phi) is 7.55. The monoisotopic (exact) mass is 505 g/mol. The van der Waals surface area contributed by atoms with Gasteiger partial charge in [0.1, 0.15) is 18.2 Å². The standard InChI is InChI=1S/C29H32FN3O4/c1-29(2)14-22-27(23(34)15-29)26(21(16-31)28(32)33(22)10-11-35-3)19-8-9-24(25(13-19)36-4)37-17-18-6-5-7-20(30)12-18/h5-9,12-13,26H,10-11,14-15,17,32H2,1-4H3/t26-/m0/s1. The van der Waals surface area contributed by atoms with Gasteiger partial charge < -0.3 is 24.8 Å². The molecule has 2 aliphatic rings. The molecular formula is C29H32FN3O4. The number of nitriles is 1. The first kappa shape index (κ1) is 26.2. The fraction of sp³-hybridized carbons (Fsp3) is 0.379. The number of rotatable bonds is 8. The van der Waals surface area contributed by atoms with Gasteiger partial charge in [0.05, 0.1) is 31.3 Å². The highest BCUT2D eigenvalue weighted by Crippen LogP contribution is 2.49. The number of methoxy groups -OCH3 is 2. The lowest BCUT2D eigenvalue weighted by Gasteiger charge is -2.43. The topological polar surface area (TPSA) is 97.8 Å². The Bertz CT molecular complexity index is 1310.